The van der Waals surface area contributed by atoms with Gasteiger partial charge in [-0.15, -0.1) is 10.2 Å². The lowest BCUT2D eigenvalue weighted by Crippen LogP contribution is -2.36. The number of halogens is 1. The Morgan fingerprint density at radius 1 is 1.19 bits per heavy atom. The van der Waals surface area contributed by atoms with Crippen LogP contribution in [0.1, 0.15) is 31.5 Å². The van der Waals surface area contributed by atoms with E-state index in [0.29, 0.717) is 29.6 Å². The van der Waals surface area contributed by atoms with E-state index in [4.69, 9.17) is 10.5 Å². The van der Waals surface area contributed by atoms with Crippen LogP contribution in [0.25, 0.3) is 17.2 Å². The highest BCUT2D eigenvalue weighted by atomic mass is 19.1. The quantitative estimate of drug-likeness (QED) is 0.763. The molecule has 6 nitrogen and oxygen atoms in total. The van der Waals surface area contributed by atoms with Gasteiger partial charge in [-0.05, 0) is 44.0 Å². The Bertz CT molecular complexity index is 903. The molecule has 0 unspecified atom stereocenters. The topological polar surface area (TPSA) is 78.9 Å². The highest BCUT2D eigenvalue weighted by Crippen LogP contribution is 2.37. The third kappa shape index (κ3) is 2.94. The predicted molar refractivity (Wildman–Crippen MR) is 95.7 cm³/mol. The van der Waals surface area contributed by atoms with Gasteiger partial charge >= 0.3 is 0 Å². The van der Waals surface area contributed by atoms with Gasteiger partial charge in [0.05, 0.1) is 18.5 Å². The van der Waals surface area contributed by atoms with E-state index in [0.717, 1.165) is 18.7 Å². The Morgan fingerprint density at radius 2 is 2.00 bits per heavy atom. The second kappa shape index (κ2) is 6.84. The molecule has 1 fully saturated rings. The Kier molecular flexibility index (Phi) is 4.38. The zero-order valence-corrected chi connectivity index (χ0v) is 14.5. The maximum Gasteiger partial charge on any atom is 0.187 e. The number of ether oxygens (including phenoxy) is 1. The normalized spacial score (nSPS) is 19.2. The van der Waals surface area contributed by atoms with E-state index in [-0.39, 0.29) is 17.8 Å². The fourth-order valence-electron chi connectivity index (χ4n) is 3.23. The number of para-hydroxylation sites is 1. The molecule has 0 saturated heterocycles. The Morgan fingerprint density at radius 3 is 2.65 bits per heavy atom. The molecule has 0 bridgehead atoms. The van der Waals surface area contributed by atoms with Crippen molar-refractivity contribution in [2.45, 2.75) is 31.7 Å². The average molecular weight is 353 g/mol. The highest BCUT2D eigenvalue weighted by molar-refractivity contribution is 5.55. The SMILES string of the molecule is CCOc1ccc(-c2nnc(C3CC(N)C3)n2-c2ccccc2F)nc1. The molecular formula is C19H20FN5O. The lowest BCUT2D eigenvalue weighted by atomic mass is 9.80. The van der Waals surface area contributed by atoms with Crippen molar-refractivity contribution in [3.8, 4) is 23.0 Å². The first-order valence-electron chi connectivity index (χ1n) is 8.72. The van der Waals surface area contributed by atoms with E-state index in [1.807, 2.05) is 19.1 Å². The minimum atomic E-state index is -0.329. The highest BCUT2D eigenvalue weighted by Gasteiger charge is 2.33. The van der Waals surface area contributed by atoms with E-state index >= 15 is 0 Å². The van der Waals surface area contributed by atoms with Crippen LogP contribution in [0.2, 0.25) is 0 Å². The van der Waals surface area contributed by atoms with Crippen LogP contribution in [-0.2, 0) is 0 Å². The third-order valence-electron chi connectivity index (χ3n) is 4.60. The van der Waals surface area contributed by atoms with Crippen LogP contribution in [0, 0.1) is 5.82 Å². The minimum absolute atomic E-state index is 0.165. The van der Waals surface area contributed by atoms with E-state index in [2.05, 4.69) is 15.2 Å². The van der Waals surface area contributed by atoms with E-state index in [9.17, 15) is 4.39 Å². The molecule has 2 heterocycles. The second-order valence-corrected chi connectivity index (χ2v) is 6.41. The number of rotatable bonds is 5. The molecule has 0 radical (unpaired) electrons. The van der Waals surface area contributed by atoms with Crippen LogP contribution >= 0.6 is 0 Å². The van der Waals surface area contributed by atoms with Gasteiger partial charge in [-0.25, -0.2) is 9.37 Å². The van der Waals surface area contributed by atoms with E-state index in [1.165, 1.54) is 6.07 Å². The van der Waals surface area contributed by atoms with Crippen molar-refractivity contribution in [2.24, 2.45) is 5.73 Å². The van der Waals surface area contributed by atoms with Gasteiger partial charge in [-0.1, -0.05) is 12.1 Å². The molecule has 0 spiro atoms. The zero-order chi connectivity index (χ0) is 18.1. The van der Waals surface area contributed by atoms with E-state index in [1.54, 1.807) is 29.0 Å². The Labute approximate surface area is 150 Å². The molecule has 1 aliphatic carbocycles. The summed E-state index contributed by atoms with van der Waals surface area (Å²) in [6.45, 7) is 2.48. The van der Waals surface area contributed by atoms with Crippen molar-refractivity contribution in [3.05, 3.63) is 54.2 Å². The molecule has 0 atom stereocenters. The van der Waals surface area contributed by atoms with Crippen LogP contribution in [0.3, 0.4) is 0 Å². The first-order valence-corrected chi connectivity index (χ1v) is 8.72. The molecule has 26 heavy (non-hydrogen) atoms. The smallest absolute Gasteiger partial charge is 0.187 e. The van der Waals surface area contributed by atoms with Gasteiger partial charge in [-0.3, -0.25) is 4.57 Å². The summed E-state index contributed by atoms with van der Waals surface area (Å²) in [6.07, 6.45) is 3.28. The van der Waals surface area contributed by atoms with Crippen molar-refractivity contribution >= 4 is 0 Å². The first kappa shape index (κ1) is 16.7. The average Bonchev–Trinajstić information content (AvgIpc) is 3.04. The number of nitrogens with two attached hydrogens (primary N) is 1. The second-order valence-electron chi connectivity index (χ2n) is 6.41. The van der Waals surface area contributed by atoms with E-state index < -0.39 is 0 Å². The fourth-order valence-corrected chi connectivity index (χ4v) is 3.23. The zero-order valence-electron chi connectivity index (χ0n) is 14.5. The van der Waals surface area contributed by atoms with Crippen molar-refractivity contribution in [3.63, 3.8) is 0 Å². The van der Waals surface area contributed by atoms with Gasteiger partial charge < -0.3 is 10.5 Å². The maximum absolute atomic E-state index is 14.5. The lowest BCUT2D eigenvalue weighted by molar-refractivity contribution is 0.334. The van der Waals surface area contributed by atoms with Crippen LogP contribution < -0.4 is 10.5 Å². The van der Waals surface area contributed by atoms with Crippen molar-refractivity contribution < 1.29 is 9.13 Å². The predicted octanol–water partition coefficient (Wildman–Crippen LogP) is 3.07. The number of aromatic nitrogens is 4. The molecule has 0 aliphatic heterocycles. The van der Waals surface area contributed by atoms with Crippen LogP contribution in [-0.4, -0.2) is 32.4 Å². The van der Waals surface area contributed by atoms with Gasteiger partial charge in [0.2, 0.25) is 0 Å². The number of hydrogen-bond donors (Lipinski definition) is 1. The third-order valence-corrected chi connectivity index (χ3v) is 4.60. The molecule has 2 N–H and O–H groups in total. The Hall–Kier alpha value is -2.80. The van der Waals surface area contributed by atoms with Crippen LogP contribution in [0.5, 0.6) is 5.75 Å². The number of pyridine rings is 1. The molecule has 134 valence electrons. The fraction of sp³-hybridized carbons (Fsp3) is 0.316. The summed E-state index contributed by atoms with van der Waals surface area (Å²) in [7, 11) is 0. The Balaban J connectivity index is 1.81. The number of hydrogen-bond acceptors (Lipinski definition) is 5. The summed E-state index contributed by atoms with van der Waals surface area (Å²) in [5.74, 6) is 1.76. The minimum Gasteiger partial charge on any atom is -0.492 e. The number of nitrogens with zero attached hydrogens (tertiary/aromatic N) is 4. The molecule has 4 rings (SSSR count). The molecule has 1 aromatic carbocycles. The summed E-state index contributed by atoms with van der Waals surface area (Å²) in [5.41, 5.74) is 6.96. The van der Waals surface area contributed by atoms with Gasteiger partial charge in [0.1, 0.15) is 23.1 Å². The van der Waals surface area contributed by atoms with Crippen molar-refractivity contribution in [2.75, 3.05) is 6.61 Å². The van der Waals surface area contributed by atoms with Crippen LogP contribution in [0.4, 0.5) is 4.39 Å². The molecule has 1 saturated carbocycles. The van der Waals surface area contributed by atoms with Gasteiger partial charge in [-0.2, -0.15) is 0 Å². The van der Waals surface area contributed by atoms with Gasteiger partial charge in [0, 0.05) is 12.0 Å². The number of benzene rings is 1. The summed E-state index contributed by atoms with van der Waals surface area (Å²) < 4.78 is 21.7. The molecule has 2 aromatic heterocycles. The molecule has 7 heteroatoms. The van der Waals surface area contributed by atoms with Gasteiger partial charge in [0.25, 0.3) is 0 Å². The first-order chi connectivity index (χ1) is 12.7. The maximum atomic E-state index is 14.5. The largest absolute Gasteiger partial charge is 0.492 e. The van der Waals surface area contributed by atoms with Crippen LogP contribution in [0.15, 0.2) is 42.6 Å². The summed E-state index contributed by atoms with van der Waals surface area (Å²) in [5, 5.41) is 8.65. The molecule has 3 aromatic rings. The summed E-state index contributed by atoms with van der Waals surface area (Å²) >= 11 is 0. The molecular weight excluding hydrogens is 333 g/mol. The molecule has 0 amide bonds. The standard InChI is InChI=1S/C19H20FN5O/c1-2-26-14-7-8-16(22-11-14)19-24-23-18(12-9-13(21)10-12)25(19)17-6-4-3-5-15(17)20/h3-8,11-13H,2,9-10,21H2,1H3. The van der Waals surface area contributed by atoms with Gasteiger partial charge in [0.15, 0.2) is 5.82 Å². The van der Waals surface area contributed by atoms with Crippen molar-refractivity contribution in [1.29, 1.82) is 0 Å². The monoisotopic (exact) mass is 353 g/mol. The summed E-state index contributed by atoms with van der Waals surface area (Å²) in [4.78, 5) is 4.42. The molecule has 1 aliphatic rings. The summed E-state index contributed by atoms with van der Waals surface area (Å²) in [6, 6.07) is 10.4. The van der Waals surface area contributed by atoms with Crippen molar-refractivity contribution in [1.82, 2.24) is 19.7 Å². The lowest BCUT2D eigenvalue weighted by Gasteiger charge is -2.31.